The number of nitrogen functional groups attached to an aromatic ring is 1. The van der Waals surface area contributed by atoms with Crippen LogP contribution in [-0.4, -0.2) is 50.2 Å². The van der Waals surface area contributed by atoms with Crippen molar-refractivity contribution in [3.63, 3.8) is 0 Å². The number of ether oxygens (including phenoxy) is 1. The summed E-state index contributed by atoms with van der Waals surface area (Å²) in [5, 5.41) is 10.3. The smallest absolute Gasteiger partial charge is 0.252 e. The van der Waals surface area contributed by atoms with Crippen molar-refractivity contribution in [2.75, 3.05) is 32.0 Å². The molecule has 8 heteroatoms. The van der Waals surface area contributed by atoms with Crippen molar-refractivity contribution < 1.29 is 18.3 Å². The number of anilines is 1. The molecule has 0 saturated carbocycles. The summed E-state index contributed by atoms with van der Waals surface area (Å²) >= 11 is 1.15. The zero-order chi connectivity index (χ0) is 13.9. The van der Waals surface area contributed by atoms with Crippen LogP contribution in [0.3, 0.4) is 0 Å². The first-order valence-corrected chi connectivity index (χ1v) is 8.42. The fourth-order valence-electron chi connectivity index (χ4n) is 2.05. The van der Waals surface area contributed by atoms with Gasteiger partial charge in [0.2, 0.25) is 0 Å². The highest BCUT2D eigenvalue weighted by atomic mass is 32.2. The first-order chi connectivity index (χ1) is 9.04. The maximum absolute atomic E-state index is 12.3. The minimum Gasteiger partial charge on any atom is -0.398 e. The van der Waals surface area contributed by atoms with Crippen molar-refractivity contribution in [3.8, 4) is 0 Å². The van der Waals surface area contributed by atoms with Crippen molar-refractivity contribution in [2.24, 2.45) is 0 Å². The highest BCUT2D eigenvalue weighted by Crippen LogP contribution is 2.27. The zero-order valence-corrected chi connectivity index (χ0v) is 12.1. The number of rotatable bonds is 5. The Kier molecular flexibility index (Phi) is 4.80. The molecule has 1 saturated heterocycles. The summed E-state index contributed by atoms with van der Waals surface area (Å²) in [4.78, 5) is 0. The van der Waals surface area contributed by atoms with E-state index in [2.05, 4.69) is 0 Å². The lowest BCUT2D eigenvalue weighted by atomic mass is 10.1. The molecule has 0 bridgehead atoms. The van der Waals surface area contributed by atoms with E-state index in [1.807, 2.05) is 0 Å². The molecule has 1 fully saturated rings. The Bertz CT molecular complexity index is 507. The van der Waals surface area contributed by atoms with Crippen LogP contribution < -0.4 is 5.73 Å². The van der Waals surface area contributed by atoms with E-state index in [1.54, 1.807) is 5.38 Å². The van der Waals surface area contributed by atoms with E-state index in [4.69, 9.17) is 15.6 Å². The average Bonchev–Trinajstić information content (AvgIpc) is 2.84. The summed E-state index contributed by atoms with van der Waals surface area (Å²) in [5.74, 6) is 0. The number of nitrogens with zero attached hydrogens (tertiary/aromatic N) is 1. The minimum absolute atomic E-state index is 0.00696. The summed E-state index contributed by atoms with van der Waals surface area (Å²) in [6.07, 6.45) is 1.34. The number of aliphatic hydroxyl groups is 1. The van der Waals surface area contributed by atoms with Crippen LogP contribution in [0.2, 0.25) is 0 Å². The first-order valence-electron chi connectivity index (χ1n) is 6.10. The molecule has 0 aromatic carbocycles. The summed E-state index contributed by atoms with van der Waals surface area (Å²) in [6.45, 7) is 1.18. The molecule has 1 aliphatic heterocycles. The number of sulfonamides is 1. The highest BCUT2D eigenvalue weighted by Gasteiger charge is 2.30. The fraction of sp³-hybridized carbons (Fsp3) is 0.636. The van der Waals surface area contributed by atoms with E-state index in [-0.39, 0.29) is 12.7 Å². The molecule has 1 aromatic heterocycles. The molecule has 2 heterocycles. The van der Waals surface area contributed by atoms with Crippen molar-refractivity contribution in [1.29, 1.82) is 0 Å². The van der Waals surface area contributed by atoms with Gasteiger partial charge in [-0.2, -0.15) is 4.31 Å². The normalized spacial score (nSPS) is 18.8. The van der Waals surface area contributed by atoms with Gasteiger partial charge in [0.1, 0.15) is 4.21 Å². The molecule has 0 radical (unpaired) electrons. The van der Waals surface area contributed by atoms with E-state index in [9.17, 15) is 8.42 Å². The number of hydrogen-bond acceptors (Lipinski definition) is 6. The number of thiophene rings is 1. The summed E-state index contributed by atoms with van der Waals surface area (Å²) in [6, 6.07) is 1.49. The second kappa shape index (κ2) is 6.19. The van der Waals surface area contributed by atoms with Gasteiger partial charge in [-0.1, -0.05) is 0 Å². The monoisotopic (exact) mass is 306 g/mol. The molecule has 3 N–H and O–H groups in total. The predicted molar refractivity (Wildman–Crippen MR) is 73.6 cm³/mol. The van der Waals surface area contributed by atoms with Crippen molar-refractivity contribution in [2.45, 2.75) is 23.2 Å². The lowest BCUT2D eigenvalue weighted by Gasteiger charge is -2.30. The van der Waals surface area contributed by atoms with E-state index >= 15 is 0 Å². The maximum atomic E-state index is 12.3. The Balaban J connectivity index is 1.97. The van der Waals surface area contributed by atoms with Crippen molar-refractivity contribution in [1.82, 2.24) is 4.31 Å². The molecule has 0 amide bonds. The van der Waals surface area contributed by atoms with Crippen LogP contribution in [-0.2, 0) is 14.8 Å². The van der Waals surface area contributed by atoms with Gasteiger partial charge in [0.15, 0.2) is 0 Å². The molecule has 108 valence electrons. The average molecular weight is 306 g/mol. The van der Waals surface area contributed by atoms with Crippen molar-refractivity contribution in [3.05, 3.63) is 11.4 Å². The molecule has 0 atom stereocenters. The number of hydrogen-bond donors (Lipinski definition) is 2. The molecular weight excluding hydrogens is 288 g/mol. The molecule has 2 rings (SSSR count). The van der Waals surface area contributed by atoms with Gasteiger partial charge in [-0.05, 0) is 18.9 Å². The Hall–Kier alpha value is -0.670. The van der Waals surface area contributed by atoms with Crippen LogP contribution in [0.15, 0.2) is 15.7 Å². The van der Waals surface area contributed by atoms with E-state index in [0.717, 1.165) is 11.3 Å². The number of nitrogens with two attached hydrogens (primary N) is 1. The minimum atomic E-state index is -3.42. The third-order valence-electron chi connectivity index (χ3n) is 3.04. The Morgan fingerprint density at radius 1 is 1.47 bits per heavy atom. The largest absolute Gasteiger partial charge is 0.398 e. The topological polar surface area (TPSA) is 92.9 Å². The van der Waals surface area contributed by atoms with Gasteiger partial charge in [0.25, 0.3) is 10.0 Å². The molecular formula is C11H18N2O4S2. The summed E-state index contributed by atoms with van der Waals surface area (Å²) < 4.78 is 31.8. The van der Waals surface area contributed by atoms with Gasteiger partial charge in [0, 0.05) is 24.2 Å². The highest BCUT2D eigenvalue weighted by molar-refractivity contribution is 7.91. The molecule has 19 heavy (non-hydrogen) atoms. The van der Waals surface area contributed by atoms with E-state index < -0.39 is 10.0 Å². The van der Waals surface area contributed by atoms with Crippen LogP contribution in [0.1, 0.15) is 12.8 Å². The van der Waals surface area contributed by atoms with Gasteiger partial charge in [-0.15, -0.1) is 11.3 Å². The molecule has 0 aliphatic carbocycles. The van der Waals surface area contributed by atoms with Gasteiger partial charge in [0.05, 0.1) is 19.3 Å². The van der Waals surface area contributed by atoms with Crippen LogP contribution in [0.4, 0.5) is 5.69 Å². The molecule has 1 aliphatic rings. The second-order valence-corrected chi connectivity index (χ2v) is 7.47. The van der Waals surface area contributed by atoms with Gasteiger partial charge >= 0.3 is 0 Å². The van der Waals surface area contributed by atoms with Crippen LogP contribution in [0.5, 0.6) is 0 Å². The lowest BCUT2D eigenvalue weighted by molar-refractivity contribution is 0.00320. The van der Waals surface area contributed by atoms with E-state index in [0.29, 0.717) is 42.4 Å². The third-order valence-corrected chi connectivity index (χ3v) is 6.37. The van der Waals surface area contributed by atoms with Gasteiger partial charge in [-0.3, -0.25) is 0 Å². The second-order valence-electron chi connectivity index (χ2n) is 4.40. The Labute approximate surface area is 116 Å². The van der Waals surface area contributed by atoms with E-state index in [1.165, 1.54) is 10.4 Å². The maximum Gasteiger partial charge on any atom is 0.252 e. The number of piperidine rings is 1. The Morgan fingerprint density at radius 2 is 2.16 bits per heavy atom. The van der Waals surface area contributed by atoms with Crippen LogP contribution in [0.25, 0.3) is 0 Å². The van der Waals surface area contributed by atoms with Gasteiger partial charge < -0.3 is 15.6 Å². The zero-order valence-electron chi connectivity index (χ0n) is 10.5. The molecule has 6 nitrogen and oxygen atoms in total. The molecule has 0 spiro atoms. The quantitative estimate of drug-likeness (QED) is 0.826. The fourth-order valence-corrected chi connectivity index (χ4v) is 4.75. The Morgan fingerprint density at radius 3 is 2.68 bits per heavy atom. The lowest BCUT2D eigenvalue weighted by Crippen LogP contribution is -2.40. The molecule has 1 aromatic rings. The SMILES string of the molecule is Nc1csc(S(=O)(=O)N2CCC(OCCO)CC2)c1. The predicted octanol–water partition coefficient (Wildman–Crippen LogP) is 0.492. The van der Waals surface area contributed by atoms with Crippen LogP contribution >= 0.6 is 11.3 Å². The number of aliphatic hydroxyl groups excluding tert-OH is 1. The third kappa shape index (κ3) is 3.46. The molecule has 0 unspecified atom stereocenters. The van der Waals surface area contributed by atoms with Gasteiger partial charge in [-0.25, -0.2) is 8.42 Å². The first kappa shape index (κ1) is 14.7. The summed E-state index contributed by atoms with van der Waals surface area (Å²) in [7, 11) is -3.42. The summed E-state index contributed by atoms with van der Waals surface area (Å²) in [5.41, 5.74) is 6.04. The van der Waals surface area contributed by atoms with Crippen molar-refractivity contribution >= 4 is 27.0 Å². The standard InChI is InChI=1S/C11H18N2O4S2/c12-9-7-11(18-8-9)19(15,16)13-3-1-10(2-4-13)17-6-5-14/h7-8,10,14H,1-6,12H2. The van der Waals surface area contributed by atoms with Crippen LogP contribution in [0, 0.1) is 0 Å².